The lowest BCUT2D eigenvalue weighted by atomic mass is 9.76. The Morgan fingerprint density at radius 3 is 2.62 bits per heavy atom. The molecule has 1 aliphatic carbocycles. The Bertz CT molecular complexity index is 334. The number of rotatable bonds is 5. The summed E-state index contributed by atoms with van der Waals surface area (Å²) in [4.78, 5) is 14.8. The van der Waals surface area contributed by atoms with Crippen LogP contribution in [-0.2, 0) is 4.74 Å². The van der Waals surface area contributed by atoms with E-state index in [2.05, 4.69) is 19.2 Å². The predicted octanol–water partition coefficient (Wildman–Crippen LogP) is 2.10. The Labute approximate surface area is 128 Å². The standard InChI is InChI=1S/C16H31N3O2/c1-3-9-19(15(20)18-14-6-10-21-11-14)16(12-17)7-4-13(2)5-8-16/h13-14H,3-12,17H2,1-2H3,(H,18,20). The molecule has 1 unspecified atom stereocenters. The van der Waals surface area contributed by atoms with E-state index < -0.39 is 0 Å². The fraction of sp³-hybridized carbons (Fsp3) is 0.938. The average Bonchev–Trinajstić information content (AvgIpc) is 2.99. The third-order valence-electron chi connectivity index (χ3n) is 5.11. The number of amides is 2. The molecule has 0 radical (unpaired) electrons. The zero-order valence-electron chi connectivity index (χ0n) is 13.6. The van der Waals surface area contributed by atoms with Crippen molar-refractivity contribution in [3.8, 4) is 0 Å². The molecule has 2 aliphatic rings. The zero-order chi connectivity index (χ0) is 15.3. The molecule has 1 saturated carbocycles. The Kier molecular flexibility index (Phi) is 5.88. The summed E-state index contributed by atoms with van der Waals surface area (Å²) in [5, 5.41) is 3.14. The molecule has 3 N–H and O–H groups in total. The lowest BCUT2D eigenvalue weighted by Crippen LogP contribution is -2.61. The minimum absolute atomic E-state index is 0.0485. The van der Waals surface area contributed by atoms with Gasteiger partial charge in [0.25, 0.3) is 0 Å². The van der Waals surface area contributed by atoms with Crippen LogP contribution in [0.15, 0.2) is 0 Å². The molecule has 1 aliphatic heterocycles. The second-order valence-electron chi connectivity index (χ2n) is 6.77. The van der Waals surface area contributed by atoms with E-state index in [0.29, 0.717) is 13.2 Å². The van der Waals surface area contributed by atoms with E-state index >= 15 is 0 Å². The van der Waals surface area contributed by atoms with E-state index in [1.165, 1.54) is 0 Å². The van der Waals surface area contributed by atoms with E-state index in [0.717, 1.165) is 57.6 Å². The molecule has 0 aromatic heterocycles. The van der Waals surface area contributed by atoms with Gasteiger partial charge in [-0.05, 0) is 44.4 Å². The van der Waals surface area contributed by atoms with Crippen molar-refractivity contribution in [2.75, 3.05) is 26.3 Å². The average molecular weight is 297 g/mol. The maximum Gasteiger partial charge on any atom is 0.318 e. The smallest absolute Gasteiger partial charge is 0.318 e. The van der Waals surface area contributed by atoms with E-state index in [1.807, 2.05) is 4.90 Å². The second-order valence-corrected chi connectivity index (χ2v) is 6.77. The lowest BCUT2D eigenvalue weighted by molar-refractivity contribution is 0.0691. The van der Waals surface area contributed by atoms with Gasteiger partial charge in [-0.15, -0.1) is 0 Å². The van der Waals surface area contributed by atoms with Crippen molar-refractivity contribution in [2.45, 2.75) is 64.0 Å². The first-order chi connectivity index (χ1) is 10.1. The summed E-state index contributed by atoms with van der Waals surface area (Å²) in [6.07, 6.45) is 6.26. The van der Waals surface area contributed by atoms with Crippen LogP contribution in [0.1, 0.15) is 52.4 Å². The highest BCUT2D eigenvalue weighted by Crippen LogP contribution is 2.36. The van der Waals surface area contributed by atoms with Crippen molar-refractivity contribution >= 4 is 6.03 Å². The van der Waals surface area contributed by atoms with Crippen molar-refractivity contribution < 1.29 is 9.53 Å². The first-order valence-corrected chi connectivity index (χ1v) is 8.47. The number of nitrogens with one attached hydrogen (secondary N) is 1. The molecule has 1 atom stereocenters. The predicted molar refractivity (Wildman–Crippen MR) is 84.2 cm³/mol. The SMILES string of the molecule is CCCN(C(=O)NC1CCOC1)C1(CN)CCC(C)CC1. The number of ether oxygens (including phenoxy) is 1. The molecular formula is C16H31N3O2. The summed E-state index contributed by atoms with van der Waals surface area (Å²) in [5.74, 6) is 0.749. The van der Waals surface area contributed by atoms with Gasteiger partial charge in [-0.3, -0.25) is 0 Å². The monoisotopic (exact) mass is 297 g/mol. The van der Waals surface area contributed by atoms with Crippen molar-refractivity contribution in [1.82, 2.24) is 10.2 Å². The van der Waals surface area contributed by atoms with Gasteiger partial charge in [-0.25, -0.2) is 4.79 Å². The molecule has 5 heteroatoms. The molecule has 0 aromatic rings. The molecule has 0 spiro atoms. The maximum atomic E-state index is 12.7. The molecule has 2 fully saturated rings. The maximum absolute atomic E-state index is 12.7. The topological polar surface area (TPSA) is 67.6 Å². The molecule has 1 saturated heterocycles. The second kappa shape index (κ2) is 7.45. The summed E-state index contributed by atoms with van der Waals surface area (Å²) >= 11 is 0. The summed E-state index contributed by atoms with van der Waals surface area (Å²) < 4.78 is 5.35. The molecule has 0 aromatic carbocycles. The molecule has 21 heavy (non-hydrogen) atoms. The number of hydrogen-bond donors (Lipinski definition) is 2. The summed E-state index contributed by atoms with van der Waals surface area (Å²) in [7, 11) is 0. The van der Waals surface area contributed by atoms with E-state index in [1.54, 1.807) is 0 Å². The highest BCUT2D eigenvalue weighted by molar-refractivity contribution is 5.75. The molecule has 5 nitrogen and oxygen atoms in total. The van der Waals surface area contributed by atoms with Gasteiger partial charge in [0.15, 0.2) is 0 Å². The Morgan fingerprint density at radius 2 is 2.10 bits per heavy atom. The van der Waals surface area contributed by atoms with Gasteiger partial charge >= 0.3 is 6.03 Å². The van der Waals surface area contributed by atoms with Crippen molar-refractivity contribution in [3.05, 3.63) is 0 Å². The summed E-state index contributed by atoms with van der Waals surface area (Å²) in [5.41, 5.74) is 5.97. The normalized spacial score (nSPS) is 32.9. The van der Waals surface area contributed by atoms with Crippen LogP contribution in [0.2, 0.25) is 0 Å². The minimum atomic E-state index is -0.147. The van der Waals surface area contributed by atoms with E-state index in [9.17, 15) is 4.79 Å². The van der Waals surface area contributed by atoms with Gasteiger partial charge in [-0.2, -0.15) is 0 Å². The highest BCUT2D eigenvalue weighted by atomic mass is 16.5. The van der Waals surface area contributed by atoms with Gasteiger partial charge in [-0.1, -0.05) is 13.8 Å². The molecule has 0 bridgehead atoms. The summed E-state index contributed by atoms with van der Waals surface area (Å²) in [6, 6.07) is 0.210. The van der Waals surface area contributed by atoms with Crippen molar-refractivity contribution in [1.29, 1.82) is 0 Å². The number of nitrogens with two attached hydrogens (primary N) is 1. The van der Waals surface area contributed by atoms with Crippen molar-refractivity contribution in [2.24, 2.45) is 11.7 Å². The Hall–Kier alpha value is -0.810. The largest absolute Gasteiger partial charge is 0.379 e. The first kappa shape index (κ1) is 16.6. The molecule has 2 amide bonds. The van der Waals surface area contributed by atoms with Crippen LogP contribution in [0.4, 0.5) is 4.79 Å². The van der Waals surface area contributed by atoms with Gasteiger partial charge in [0.2, 0.25) is 0 Å². The zero-order valence-corrected chi connectivity index (χ0v) is 13.6. The van der Waals surface area contributed by atoms with Crippen LogP contribution >= 0.6 is 0 Å². The fourth-order valence-corrected chi connectivity index (χ4v) is 3.56. The third kappa shape index (κ3) is 3.89. The number of carbonyl (C=O) groups excluding carboxylic acids is 1. The van der Waals surface area contributed by atoms with Gasteiger partial charge in [0.05, 0.1) is 18.2 Å². The number of carbonyl (C=O) groups is 1. The van der Waals surface area contributed by atoms with E-state index in [4.69, 9.17) is 10.5 Å². The number of urea groups is 1. The first-order valence-electron chi connectivity index (χ1n) is 8.47. The molecular weight excluding hydrogens is 266 g/mol. The van der Waals surface area contributed by atoms with Crippen LogP contribution < -0.4 is 11.1 Å². The van der Waals surface area contributed by atoms with E-state index in [-0.39, 0.29) is 17.6 Å². The fourth-order valence-electron chi connectivity index (χ4n) is 3.56. The van der Waals surface area contributed by atoms with Crippen molar-refractivity contribution in [3.63, 3.8) is 0 Å². The molecule has 122 valence electrons. The van der Waals surface area contributed by atoms with Crippen LogP contribution in [0.5, 0.6) is 0 Å². The lowest BCUT2D eigenvalue weighted by Gasteiger charge is -2.47. The number of hydrogen-bond acceptors (Lipinski definition) is 3. The van der Waals surface area contributed by atoms with Crippen LogP contribution in [-0.4, -0.2) is 48.8 Å². The number of nitrogens with zero attached hydrogens (tertiary/aromatic N) is 1. The third-order valence-corrected chi connectivity index (χ3v) is 5.11. The summed E-state index contributed by atoms with van der Waals surface area (Å²) in [6.45, 7) is 7.14. The molecule has 1 heterocycles. The quantitative estimate of drug-likeness (QED) is 0.816. The van der Waals surface area contributed by atoms with Gasteiger partial charge in [0, 0.05) is 19.7 Å². The van der Waals surface area contributed by atoms with Crippen LogP contribution in [0, 0.1) is 5.92 Å². The van der Waals surface area contributed by atoms with Gasteiger partial charge < -0.3 is 20.7 Å². The Balaban J connectivity index is 2.05. The van der Waals surface area contributed by atoms with Crippen LogP contribution in [0.25, 0.3) is 0 Å². The van der Waals surface area contributed by atoms with Crippen LogP contribution in [0.3, 0.4) is 0 Å². The Morgan fingerprint density at radius 1 is 1.38 bits per heavy atom. The minimum Gasteiger partial charge on any atom is -0.379 e. The highest BCUT2D eigenvalue weighted by Gasteiger charge is 2.41. The van der Waals surface area contributed by atoms with Gasteiger partial charge in [0.1, 0.15) is 0 Å². The molecule has 2 rings (SSSR count).